The van der Waals surface area contributed by atoms with Crippen molar-refractivity contribution >= 4 is 32.9 Å². The van der Waals surface area contributed by atoms with E-state index in [0.29, 0.717) is 13.1 Å². The van der Waals surface area contributed by atoms with E-state index in [9.17, 15) is 4.79 Å². The van der Waals surface area contributed by atoms with Crippen LogP contribution >= 0.6 is 15.9 Å². The highest BCUT2D eigenvalue weighted by molar-refractivity contribution is 9.10. The minimum Gasteiger partial charge on any atom is -0.465 e. The minimum atomic E-state index is -0.988. The van der Waals surface area contributed by atoms with Crippen LogP contribution in [-0.4, -0.2) is 22.3 Å². The first-order valence-electron chi connectivity index (χ1n) is 4.88. The van der Waals surface area contributed by atoms with Crippen LogP contribution in [-0.2, 0) is 6.54 Å². The Balaban J connectivity index is 2.19. The first-order valence-corrected chi connectivity index (χ1v) is 5.68. The third-order valence-electron chi connectivity index (χ3n) is 2.39. The van der Waals surface area contributed by atoms with E-state index in [2.05, 4.69) is 21.2 Å². The standard InChI is InChI=1S/C11H11BrN2O2/c12-9-2-1-3-10-8(9)4-6-14(10)7-5-13-11(15)16/h1-4,6,13H,5,7H2,(H,15,16). The van der Waals surface area contributed by atoms with Gasteiger partial charge in [0.05, 0.1) is 0 Å². The van der Waals surface area contributed by atoms with Crippen LogP contribution in [0.4, 0.5) is 4.79 Å². The van der Waals surface area contributed by atoms with E-state index in [-0.39, 0.29) is 0 Å². The number of nitrogens with one attached hydrogen (secondary N) is 1. The fourth-order valence-electron chi connectivity index (χ4n) is 1.66. The van der Waals surface area contributed by atoms with Crippen LogP contribution in [0.3, 0.4) is 0 Å². The van der Waals surface area contributed by atoms with Crippen LogP contribution in [0.2, 0.25) is 0 Å². The van der Waals surface area contributed by atoms with Gasteiger partial charge in [-0.05, 0) is 18.2 Å². The number of aromatic nitrogens is 1. The second kappa shape index (κ2) is 4.57. The van der Waals surface area contributed by atoms with Crippen LogP contribution in [0.15, 0.2) is 34.9 Å². The summed E-state index contributed by atoms with van der Waals surface area (Å²) in [5.74, 6) is 0. The van der Waals surface area contributed by atoms with Crippen LogP contribution in [0.5, 0.6) is 0 Å². The molecule has 0 saturated carbocycles. The number of carboxylic acid groups (broad SMARTS) is 1. The van der Waals surface area contributed by atoms with Crippen LogP contribution in [0, 0.1) is 0 Å². The Morgan fingerprint density at radius 3 is 3.00 bits per heavy atom. The topological polar surface area (TPSA) is 54.3 Å². The lowest BCUT2D eigenvalue weighted by molar-refractivity contribution is 0.194. The highest BCUT2D eigenvalue weighted by Gasteiger charge is 2.03. The largest absolute Gasteiger partial charge is 0.465 e. The van der Waals surface area contributed by atoms with Crippen molar-refractivity contribution in [2.24, 2.45) is 0 Å². The average Bonchev–Trinajstić information content (AvgIpc) is 2.63. The number of hydrogen-bond acceptors (Lipinski definition) is 1. The maximum atomic E-state index is 10.3. The molecule has 0 fully saturated rings. The van der Waals surface area contributed by atoms with Crippen molar-refractivity contribution in [3.05, 3.63) is 34.9 Å². The predicted molar refractivity (Wildman–Crippen MR) is 65.7 cm³/mol. The molecule has 2 rings (SSSR count). The molecule has 0 bridgehead atoms. The zero-order valence-corrected chi connectivity index (χ0v) is 10.1. The Morgan fingerprint density at radius 2 is 2.25 bits per heavy atom. The maximum Gasteiger partial charge on any atom is 0.404 e. The highest BCUT2D eigenvalue weighted by atomic mass is 79.9. The molecule has 1 heterocycles. The second-order valence-corrected chi connectivity index (χ2v) is 4.27. The lowest BCUT2D eigenvalue weighted by Gasteiger charge is -2.05. The fraction of sp³-hybridized carbons (Fsp3) is 0.182. The zero-order valence-electron chi connectivity index (χ0n) is 8.48. The van der Waals surface area contributed by atoms with Gasteiger partial charge in [0, 0.05) is 34.7 Å². The van der Waals surface area contributed by atoms with Gasteiger partial charge in [-0.3, -0.25) is 0 Å². The second-order valence-electron chi connectivity index (χ2n) is 3.41. The summed E-state index contributed by atoms with van der Waals surface area (Å²) in [4.78, 5) is 10.3. The normalized spacial score (nSPS) is 10.6. The molecule has 4 nitrogen and oxygen atoms in total. The van der Waals surface area contributed by atoms with Gasteiger partial charge in [0.1, 0.15) is 0 Å². The molecule has 0 saturated heterocycles. The van der Waals surface area contributed by atoms with Gasteiger partial charge in [-0.1, -0.05) is 22.0 Å². The summed E-state index contributed by atoms with van der Waals surface area (Å²) >= 11 is 3.48. The van der Waals surface area contributed by atoms with E-state index in [1.807, 2.05) is 35.0 Å². The molecule has 0 aliphatic rings. The molecule has 2 N–H and O–H groups in total. The van der Waals surface area contributed by atoms with Crippen molar-refractivity contribution in [2.75, 3.05) is 6.54 Å². The monoisotopic (exact) mass is 282 g/mol. The average molecular weight is 283 g/mol. The van der Waals surface area contributed by atoms with Gasteiger partial charge in [0.25, 0.3) is 0 Å². The first kappa shape index (κ1) is 11.0. The first-order chi connectivity index (χ1) is 7.68. The molecule has 2 aromatic rings. The number of fused-ring (bicyclic) bond motifs is 1. The lowest BCUT2D eigenvalue weighted by Crippen LogP contribution is -2.24. The third kappa shape index (κ3) is 2.19. The molecular weight excluding hydrogens is 272 g/mol. The van der Waals surface area contributed by atoms with Crippen molar-refractivity contribution in [3.63, 3.8) is 0 Å². The third-order valence-corrected chi connectivity index (χ3v) is 3.08. The molecule has 0 spiro atoms. The van der Waals surface area contributed by atoms with Gasteiger partial charge in [0.15, 0.2) is 0 Å². The summed E-state index contributed by atoms with van der Waals surface area (Å²) in [6, 6.07) is 7.98. The molecule has 1 aromatic heterocycles. The lowest BCUT2D eigenvalue weighted by atomic mass is 10.2. The molecule has 1 aromatic carbocycles. The Hall–Kier alpha value is -1.49. The Morgan fingerprint density at radius 1 is 1.44 bits per heavy atom. The number of carbonyl (C=O) groups is 1. The molecule has 0 radical (unpaired) electrons. The van der Waals surface area contributed by atoms with E-state index < -0.39 is 6.09 Å². The van der Waals surface area contributed by atoms with Crippen molar-refractivity contribution in [2.45, 2.75) is 6.54 Å². The van der Waals surface area contributed by atoms with Crippen molar-refractivity contribution in [1.29, 1.82) is 0 Å². The van der Waals surface area contributed by atoms with E-state index >= 15 is 0 Å². The van der Waals surface area contributed by atoms with Gasteiger partial charge >= 0.3 is 6.09 Å². The van der Waals surface area contributed by atoms with Crippen LogP contribution in [0.1, 0.15) is 0 Å². The minimum absolute atomic E-state index is 0.408. The molecule has 0 aliphatic heterocycles. The number of rotatable bonds is 3. The van der Waals surface area contributed by atoms with Gasteiger partial charge < -0.3 is 15.0 Å². The summed E-state index contributed by atoms with van der Waals surface area (Å²) in [5, 5.41) is 12.0. The molecule has 16 heavy (non-hydrogen) atoms. The molecule has 0 aliphatic carbocycles. The Kier molecular flexibility index (Phi) is 3.14. The molecule has 5 heteroatoms. The van der Waals surface area contributed by atoms with E-state index in [4.69, 9.17) is 5.11 Å². The van der Waals surface area contributed by atoms with E-state index in [0.717, 1.165) is 15.4 Å². The SMILES string of the molecule is O=C(O)NCCn1ccc2c(Br)cccc21. The number of benzene rings is 1. The number of halogens is 1. The van der Waals surface area contributed by atoms with Crippen LogP contribution < -0.4 is 5.32 Å². The molecule has 0 atom stereocenters. The smallest absolute Gasteiger partial charge is 0.404 e. The summed E-state index contributed by atoms with van der Waals surface area (Å²) in [6.07, 6.45) is 0.969. The maximum absolute atomic E-state index is 10.3. The predicted octanol–water partition coefficient (Wildman–Crippen LogP) is 2.67. The summed E-state index contributed by atoms with van der Waals surface area (Å²) < 4.78 is 3.07. The molecule has 0 unspecified atom stereocenters. The zero-order chi connectivity index (χ0) is 11.5. The molecule has 84 valence electrons. The van der Waals surface area contributed by atoms with Crippen molar-refractivity contribution in [3.8, 4) is 0 Å². The fourth-order valence-corrected chi connectivity index (χ4v) is 2.15. The highest BCUT2D eigenvalue weighted by Crippen LogP contribution is 2.24. The van der Waals surface area contributed by atoms with Crippen LogP contribution in [0.25, 0.3) is 10.9 Å². The van der Waals surface area contributed by atoms with Crippen molar-refractivity contribution < 1.29 is 9.90 Å². The number of hydrogen-bond donors (Lipinski definition) is 2. The summed E-state index contributed by atoms with van der Waals surface area (Å²) in [6.45, 7) is 1.04. The summed E-state index contributed by atoms with van der Waals surface area (Å²) in [7, 11) is 0. The van der Waals surface area contributed by atoms with Gasteiger partial charge in [-0.2, -0.15) is 0 Å². The van der Waals surface area contributed by atoms with Crippen molar-refractivity contribution in [1.82, 2.24) is 9.88 Å². The van der Waals surface area contributed by atoms with Gasteiger partial charge in [-0.25, -0.2) is 4.79 Å². The number of amides is 1. The quantitative estimate of drug-likeness (QED) is 0.909. The number of nitrogens with zero attached hydrogens (tertiary/aromatic N) is 1. The van der Waals surface area contributed by atoms with E-state index in [1.54, 1.807) is 0 Å². The Bertz CT molecular complexity index is 522. The Labute approximate surface area is 101 Å². The summed E-state index contributed by atoms with van der Waals surface area (Å²) in [5.41, 5.74) is 1.10. The van der Waals surface area contributed by atoms with E-state index in [1.165, 1.54) is 0 Å². The van der Waals surface area contributed by atoms with Gasteiger partial charge in [-0.15, -0.1) is 0 Å². The molecule has 1 amide bonds. The van der Waals surface area contributed by atoms with Gasteiger partial charge in [0.2, 0.25) is 0 Å². The molecular formula is C11H11BrN2O2.